The first-order valence-corrected chi connectivity index (χ1v) is 9.19. The van der Waals surface area contributed by atoms with Gasteiger partial charge >= 0.3 is 0 Å². The van der Waals surface area contributed by atoms with E-state index in [4.69, 9.17) is 9.47 Å². The molecule has 0 aliphatic carbocycles. The molecule has 15 heavy (non-hydrogen) atoms. The molecular formula is C12H22O2Si. The van der Waals surface area contributed by atoms with Gasteiger partial charge in [-0.15, -0.1) is 11.5 Å². The minimum atomic E-state index is -1.18. The highest BCUT2D eigenvalue weighted by molar-refractivity contribution is 6.83. The van der Waals surface area contributed by atoms with Gasteiger partial charge in [0.05, 0.1) is 13.2 Å². The van der Waals surface area contributed by atoms with Gasteiger partial charge < -0.3 is 9.47 Å². The zero-order valence-corrected chi connectivity index (χ0v) is 11.4. The van der Waals surface area contributed by atoms with Crippen molar-refractivity contribution in [1.29, 1.82) is 0 Å². The summed E-state index contributed by atoms with van der Waals surface area (Å²) in [7, 11) is -1.18. The van der Waals surface area contributed by atoms with Crippen LogP contribution in [0.15, 0.2) is 0 Å². The first kappa shape index (κ1) is 12.8. The molecule has 1 saturated heterocycles. The van der Waals surface area contributed by atoms with Crippen molar-refractivity contribution < 1.29 is 9.47 Å². The first-order chi connectivity index (χ1) is 6.91. The lowest BCUT2D eigenvalue weighted by molar-refractivity contribution is -0.147. The van der Waals surface area contributed by atoms with Crippen molar-refractivity contribution in [3.05, 3.63) is 0 Å². The van der Waals surface area contributed by atoms with Crippen LogP contribution in [0.4, 0.5) is 0 Å². The summed E-state index contributed by atoms with van der Waals surface area (Å²) in [6.07, 6.45) is 2.98. The highest BCUT2D eigenvalue weighted by Crippen LogP contribution is 2.24. The molecule has 0 N–H and O–H groups in total. The second-order valence-corrected chi connectivity index (χ2v) is 9.99. The van der Waals surface area contributed by atoms with Gasteiger partial charge in [-0.25, -0.2) is 0 Å². The summed E-state index contributed by atoms with van der Waals surface area (Å²) in [6, 6.07) is 0. The fraction of sp³-hybridized carbons (Fsp3) is 0.833. The molecule has 0 amide bonds. The predicted octanol–water partition coefficient (Wildman–Crippen LogP) is 2.80. The van der Waals surface area contributed by atoms with Crippen molar-refractivity contribution in [2.45, 2.75) is 51.6 Å². The Morgan fingerprint density at radius 2 is 1.80 bits per heavy atom. The average molecular weight is 226 g/mol. The van der Waals surface area contributed by atoms with Crippen molar-refractivity contribution in [2.75, 3.05) is 13.2 Å². The van der Waals surface area contributed by atoms with Crippen LogP contribution in [0.25, 0.3) is 0 Å². The fourth-order valence-electron chi connectivity index (χ4n) is 1.53. The lowest BCUT2D eigenvalue weighted by atomic mass is 10.1. The Bertz CT molecular complexity index is 251. The molecule has 1 heterocycles. The van der Waals surface area contributed by atoms with Crippen LogP contribution in [-0.4, -0.2) is 27.1 Å². The van der Waals surface area contributed by atoms with Crippen molar-refractivity contribution in [3.63, 3.8) is 0 Å². The van der Waals surface area contributed by atoms with E-state index in [1.807, 2.05) is 6.92 Å². The Kier molecular flexibility index (Phi) is 4.39. The lowest BCUT2D eigenvalue weighted by Gasteiger charge is -2.21. The third-order valence-corrected chi connectivity index (χ3v) is 3.22. The number of ether oxygens (including phenoxy) is 2. The molecule has 1 aliphatic heterocycles. The third-order valence-electron chi connectivity index (χ3n) is 2.29. The summed E-state index contributed by atoms with van der Waals surface area (Å²) in [6.45, 7) is 10.3. The molecule has 0 aromatic rings. The van der Waals surface area contributed by atoms with Gasteiger partial charge in [0.25, 0.3) is 0 Å². The number of rotatable bonds is 3. The SMILES string of the molecule is CC1(CCCC#C[Si](C)(C)C)OCCO1. The minimum absolute atomic E-state index is 0.332. The Labute approximate surface area is 94.4 Å². The molecule has 0 bridgehead atoms. The second kappa shape index (κ2) is 5.15. The molecule has 0 radical (unpaired) electrons. The topological polar surface area (TPSA) is 18.5 Å². The van der Waals surface area contributed by atoms with Gasteiger partial charge in [0.1, 0.15) is 8.07 Å². The zero-order chi connectivity index (χ0) is 11.4. The highest BCUT2D eigenvalue weighted by Gasteiger charge is 2.29. The number of hydrogen-bond donors (Lipinski definition) is 0. The number of hydrogen-bond acceptors (Lipinski definition) is 2. The Morgan fingerprint density at radius 1 is 1.20 bits per heavy atom. The quantitative estimate of drug-likeness (QED) is 0.418. The average Bonchev–Trinajstić information content (AvgIpc) is 2.50. The van der Waals surface area contributed by atoms with Crippen LogP contribution >= 0.6 is 0 Å². The second-order valence-electron chi connectivity index (χ2n) is 5.24. The normalized spacial score (nSPS) is 19.7. The van der Waals surface area contributed by atoms with Crippen molar-refractivity contribution >= 4 is 8.07 Å². The predicted molar refractivity (Wildman–Crippen MR) is 65.3 cm³/mol. The van der Waals surface area contributed by atoms with Gasteiger partial charge in [0.15, 0.2) is 5.79 Å². The van der Waals surface area contributed by atoms with Crippen molar-refractivity contribution in [1.82, 2.24) is 0 Å². The van der Waals surface area contributed by atoms with E-state index in [0.717, 1.165) is 32.5 Å². The van der Waals surface area contributed by atoms with E-state index in [9.17, 15) is 0 Å². The monoisotopic (exact) mass is 226 g/mol. The fourth-order valence-corrected chi connectivity index (χ4v) is 2.18. The van der Waals surface area contributed by atoms with Gasteiger partial charge in [-0.2, -0.15) is 0 Å². The summed E-state index contributed by atoms with van der Waals surface area (Å²) in [5.74, 6) is 2.93. The van der Waals surface area contributed by atoms with Crippen LogP contribution in [-0.2, 0) is 9.47 Å². The maximum atomic E-state index is 5.53. The summed E-state index contributed by atoms with van der Waals surface area (Å²) in [4.78, 5) is 0. The van der Waals surface area contributed by atoms with Crippen LogP contribution < -0.4 is 0 Å². The van der Waals surface area contributed by atoms with Gasteiger partial charge in [-0.3, -0.25) is 0 Å². The number of unbranched alkanes of at least 4 members (excludes halogenated alkanes) is 1. The third kappa shape index (κ3) is 5.36. The van der Waals surface area contributed by atoms with Crippen LogP contribution in [0.3, 0.4) is 0 Å². The molecule has 0 saturated carbocycles. The van der Waals surface area contributed by atoms with Crippen molar-refractivity contribution in [2.24, 2.45) is 0 Å². The molecule has 0 aromatic heterocycles. The van der Waals surface area contributed by atoms with Gasteiger partial charge in [-0.05, 0) is 13.3 Å². The maximum Gasteiger partial charge on any atom is 0.165 e. The lowest BCUT2D eigenvalue weighted by Crippen LogP contribution is -2.24. The zero-order valence-electron chi connectivity index (χ0n) is 10.4. The molecule has 86 valence electrons. The van der Waals surface area contributed by atoms with Crippen LogP contribution in [0, 0.1) is 11.5 Å². The van der Waals surface area contributed by atoms with E-state index >= 15 is 0 Å². The largest absolute Gasteiger partial charge is 0.348 e. The van der Waals surface area contributed by atoms with Gasteiger partial charge in [-0.1, -0.05) is 19.6 Å². The van der Waals surface area contributed by atoms with E-state index in [1.54, 1.807) is 0 Å². The molecule has 0 atom stereocenters. The summed E-state index contributed by atoms with van der Waals surface area (Å²) in [5, 5.41) is 0. The van der Waals surface area contributed by atoms with E-state index < -0.39 is 8.07 Å². The maximum absolute atomic E-state index is 5.53. The highest BCUT2D eigenvalue weighted by atomic mass is 28.3. The van der Waals surface area contributed by atoms with Gasteiger partial charge in [0.2, 0.25) is 0 Å². The Morgan fingerprint density at radius 3 is 2.33 bits per heavy atom. The minimum Gasteiger partial charge on any atom is -0.348 e. The summed E-state index contributed by atoms with van der Waals surface area (Å²) >= 11 is 0. The molecular weight excluding hydrogens is 204 g/mol. The Hall–Kier alpha value is -0.303. The molecule has 1 rings (SSSR count). The van der Waals surface area contributed by atoms with Crippen molar-refractivity contribution in [3.8, 4) is 11.5 Å². The van der Waals surface area contributed by atoms with Crippen LogP contribution in [0.1, 0.15) is 26.2 Å². The molecule has 0 aromatic carbocycles. The molecule has 1 aliphatic rings. The first-order valence-electron chi connectivity index (χ1n) is 5.69. The van der Waals surface area contributed by atoms with Crippen LogP contribution in [0.2, 0.25) is 19.6 Å². The Balaban J connectivity index is 2.18. The summed E-state index contributed by atoms with van der Waals surface area (Å²) in [5.41, 5.74) is 3.37. The van der Waals surface area contributed by atoms with Gasteiger partial charge in [0, 0.05) is 12.8 Å². The molecule has 0 unspecified atom stereocenters. The van der Waals surface area contributed by atoms with E-state index in [1.165, 1.54) is 0 Å². The van der Waals surface area contributed by atoms with Crippen LogP contribution in [0.5, 0.6) is 0 Å². The standard InChI is InChI=1S/C12H22O2Si/c1-12(13-9-10-14-12)8-6-5-7-11-15(2,3)4/h5-6,8-10H2,1-4H3. The molecule has 1 fully saturated rings. The summed E-state index contributed by atoms with van der Waals surface area (Å²) < 4.78 is 11.1. The van der Waals surface area contributed by atoms with E-state index in [2.05, 4.69) is 31.1 Å². The smallest absolute Gasteiger partial charge is 0.165 e. The molecule has 2 nitrogen and oxygen atoms in total. The molecule has 0 spiro atoms. The van der Waals surface area contributed by atoms with E-state index in [0.29, 0.717) is 0 Å². The molecule has 3 heteroatoms. The van der Waals surface area contributed by atoms with E-state index in [-0.39, 0.29) is 5.79 Å².